The van der Waals surface area contributed by atoms with Crippen LogP contribution < -0.4 is 33.6 Å². The lowest BCUT2D eigenvalue weighted by Gasteiger charge is -2.11. The van der Waals surface area contributed by atoms with E-state index in [4.69, 9.17) is 22.9 Å². The molecule has 0 aromatic heterocycles. The lowest BCUT2D eigenvalue weighted by molar-refractivity contribution is 0.0940. The van der Waals surface area contributed by atoms with Crippen LogP contribution in [0.25, 0.3) is 0 Å². The first kappa shape index (κ1) is 20.0. The molecule has 0 saturated carbocycles. The van der Waals surface area contributed by atoms with E-state index < -0.39 is 0 Å². The van der Waals surface area contributed by atoms with Crippen LogP contribution in [-0.4, -0.2) is 50.1 Å². The van der Waals surface area contributed by atoms with Crippen molar-refractivity contribution in [1.82, 2.24) is 10.6 Å². The SMILES string of the molecule is NCC(N)CCNC(=O)c1ccc(C(=O)NCCC(N)CN)cc1. The Morgan fingerprint density at radius 1 is 0.792 bits per heavy atom. The molecule has 134 valence electrons. The summed E-state index contributed by atoms with van der Waals surface area (Å²) < 4.78 is 0. The standard InChI is InChI=1S/C16H28N6O2/c17-9-13(19)5-7-21-15(23)11-1-2-12(4-3-11)16(24)22-8-6-14(20)10-18/h1-4,13-14H,5-10,17-20H2,(H,21,23)(H,22,24). The molecule has 8 heteroatoms. The van der Waals surface area contributed by atoms with Crippen LogP contribution in [-0.2, 0) is 0 Å². The number of hydrogen-bond acceptors (Lipinski definition) is 6. The van der Waals surface area contributed by atoms with Crippen molar-refractivity contribution < 1.29 is 9.59 Å². The third-order valence-electron chi connectivity index (χ3n) is 3.62. The first-order valence-electron chi connectivity index (χ1n) is 8.05. The van der Waals surface area contributed by atoms with Gasteiger partial charge in [0.2, 0.25) is 0 Å². The van der Waals surface area contributed by atoms with Crippen molar-refractivity contribution in [3.8, 4) is 0 Å². The zero-order chi connectivity index (χ0) is 17.9. The second-order valence-corrected chi connectivity index (χ2v) is 5.66. The number of nitrogens with two attached hydrogens (primary N) is 4. The Hall–Kier alpha value is -2.00. The van der Waals surface area contributed by atoms with E-state index in [1.54, 1.807) is 24.3 Å². The molecule has 0 radical (unpaired) electrons. The summed E-state index contributed by atoms with van der Waals surface area (Å²) in [7, 11) is 0. The quantitative estimate of drug-likeness (QED) is 0.304. The number of hydrogen-bond donors (Lipinski definition) is 6. The van der Waals surface area contributed by atoms with E-state index in [0.29, 0.717) is 50.1 Å². The van der Waals surface area contributed by atoms with Crippen LogP contribution >= 0.6 is 0 Å². The third-order valence-corrected chi connectivity index (χ3v) is 3.62. The van der Waals surface area contributed by atoms with Crippen molar-refractivity contribution in [2.24, 2.45) is 22.9 Å². The number of carbonyl (C=O) groups excluding carboxylic acids is 2. The first-order chi connectivity index (χ1) is 11.5. The summed E-state index contributed by atoms with van der Waals surface area (Å²) in [6.45, 7) is 1.69. The Kier molecular flexibility index (Phi) is 8.95. The van der Waals surface area contributed by atoms with Crippen LogP contribution in [0.3, 0.4) is 0 Å². The molecule has 1 aromatic carbocycles. The number of carbonyl (C=O) groups is 2. The van der Waals surface area contributed by atoms with E-state index in [9.17, 15) is 9.59 Å². The first-order valence-corrected chi connectivity index (χ1v) is 8.05. The lowest BCUT2D eigenvalue weighted by atomic mass is 10.1. The normalized spacial score (nSPS) is 13.2. The highest BCUT2D eigenvalue weighted by Crippen LogP contribution is 2.05. The highest BCUT2D eigenvalue weighted by atomic mass is 16.2. The summed E-state index contributed by atoms with van der Waals surface area (Å²) in [5, 5.41) is 5.53. The molecule has 2 amide bonds. The van der Waals surface area contributed by atoms with E-state index in [1.807, 2.05) is 0 Å². The molecule has 2 atom stereocenters. The number of nitrogens with one attached hydrogen (secondary N) is 2. The molecule has 0 fully saturated rings. The summed E-state index contributed by atoms with van der Waals surface area (Å²) in [6, 6.07) is 6.20. The highest BCUT2D eigenvalue weighted by Gasteiger charge is 2.09. The van der Waals surface area contributed by atoms with Crippen LogP contribution in [0.15, 0.2) is 24.3 Å². The number of benzene rings is 1. The lowest BCUT2D eigenvalue weighted by Crippen LogP contribution is -2.35. The van der Waals surface area contributed by atoms with E-state index in [-0.39, 0.29) is 23.9 Å². The Bertz CT molecular complexity index is 473. The minimum atomic E-state index is -0.208. The average molecular weight is 336 g/mol. The van der Waals surface area contributed by atoms with E-state index in [1.165, 1.54) is 0 Å². The molecule has 1 aromatic rings. The van der Waals surface area contributed by atoms with Gasteiger partial charge < -0.3 is 33.6 Å². The molecule has 0 spiro atoms. The van der Waals surface area contributed by atoms with Gasteiger partial charge in [-0.15, -0.1) is 0 Å². The van der Waals surface area contributed by atoms with Crippen molar-refractivity contribution >= 4 is 11.8 Å². The molecule has 8 nitrogen and oxygen atoms in total. The largest absolute Gasteiger partial charge is 0.352 e. The highest BCUT2D eigenvalue weighted by molar-refractivity contribution is 5.97. The van der Waals surface area contributed by atoms with Crippen LogP contribution in [0.5, 0.6) is 0 Å². The van der Waals surface area contributed by atoms with Gasteiger partial charge in [-0.05, 0) is 37.1 Å². The van der Waals surface area contributed by atoms with Crippen LogP contribution in [0.1, 0.15) is 33.6 Å². The third kappa shape index (κ3) is 7.05. The monoisotopic (exact) mass is 336 g/mol. The van der Waals surface area contributed by atoms with Gasteiger partial charge in [0.05, 0.1) is 0 Å². The molecule has 0 aliphatic rings. The maximum atomic E-state index is 12.0. The predicted octanol–water partition coefficient (Wildman–Crippen LogP) is -1.50. The van der Waals surface area contributed by atoms with Gasteiger partial charge in [-0.1, -0.05) is 0 Å². The fourth-order valence-corrected chi connectivity index (χ4v) is 1.95. The van der Waals surface area contributed by atoms with E-state index >= 15 is 0 Å². The number of rotatable bonds is 10. The maximum absolute atomic E-state index is 12.0. The van der Waals surface area contributed by atoms with Crippen molar-refractivity contribution in [1.29, 1.82) is 0 Å². The molecule has 0 aliphatic heterocycles. The Morgan fingerprint density at radius 3 is 1.42 bits per heavy atom. The van der Waals surface area contributed by atoms with Crippen LogP contribution in [0.2, 0.25) is 0 Å². The topological polar surface area (TPSA) is 162 Å². The van der Waals surface area contributed by atoms with Gasteiger partial charge in [-0.25, -0.2) is 0 Å². The molecule has 0 heterocycles. The zero-order valence-electron chi connectivity index (χ0n) is 13.8. The maximum Gasteiger partial charge on any atom is 0.251 e. The van der Waals surface area contributed by atoms with Gasteiger partial charge in [-0.3, -0.25) is 9.59 Å². The smallest absolute Gasteiger partial charge is 0.251 e. The molecule has 1 rings (SSSR count). The second kappa shape index (κ2) is 10.7. The van der Waals surface area contributed by atoms with Crippen molar-refractivity contribution in [2.45, 2.75) is 24.9 Å². The Labute approximate surface area is 142 Å². The molecule has 0 bridgehead atoms. The van der Waals surface area contributed by atoms with Gasteiger partial charge in [0.25, 0.3) is 11.8 Å². The fourth-order valence-electron chi connectivity index (χ4n) is 1.95. The van der Waals surface area contributed by atoms with Crippen molar-refractivity contribution in [3.05, 3.63) is 35.4 Å². The summed E-state index contributed by atoms with van der Waals surface area (Å²) in [6.07, 6.45) is 1.24. The molecule has 24 heavy (non-hydrogen) atoms. The second-order valence-electron chi connectivity index (χ2n) is 5.66. The van der Waals surface area contributed by atoms with Gasteiger partial charge in [-0.2, -0.15) is 0 Å². The minimum Gasteiger partial charge on any atom is -0.352 e. The van der Waals surface area contributed by atoms with Gasteiger partial charge in [0.1, 0.15) is 0 Å². The van der Waals surface area contributed by atoms with Crippen molar-refractivity contribution in [2.75, 3.05) is 26.2 Å². The van der Waals surface area contributed by atoms with Gasteiger partial charge in [0, 0.05) is 49.4 Å². The van der Waals surface area contributed by atoms with E-state index in [2.05, 4.69) is 10.6 Å². The van der Waals surface area contributed by atoms with Crippen molar-refractivity contribution in [3.63, 3.8) is 0 Å². The number of amides is 2. The average Bonchev–Trinajstić information content (AvgIpc) is 2.61. The summed E-state index contributed by atoms with van der Waals surface area (Å²) in [5.41, 5.74) is 23.2. The molecule has 10 N–H and O–H groups in total. The summed E-state index contributed by atoms with van der Waals surface area (Å²) in [5.74, 6) is -0.416. The summed E-state index contributed by atoms with van der Waals surface area (Å²) >= 11 is 0. The summed E-state index contributed by atoms with van der Waals surface area (Å²) in [4.78, 5) is 23.9. The molecule has 0 saturated heterocycles. The zero-order valence-corrected chi connectivity index (χ0v) is 13.8. The van der Waals surface area contributed by atoms with Gasteiger partial charge in [0.15, 0.2) is 0 Å². The van der Waals surface area contributed by atoms with Gasteiger partial charge >= 0.3 is 0 Å². The fraction of sp³-hybridized carbons (Fsp3) is 0.500. The predicted molar refractivity (Wildman–Crippen MR) is 94.4 cm³/mol. The molecule has 2 unspecified atom stereocenters. The molecular weight excluding hydrogens is 308 g/mol. The molecule has 0 aliphatic carbocycles. The van der Waals surface area contributed by atoms with Crippen LogP contribution in [0, 0.1) is 0 Å². The van der Waals surface area contributed by atoms with E-state index in [0.717, 1.165) is 0 Å². The Balaban J connectivity index is 2.44. The minimum absolute atomic E-state index is 0.122. The van der Waals surface area contributed by atoms with Crippen LogP contribution in [0.4, 0.5) is 0 Å². The Morgan fingerprint density at radius 2 is 1.12 bits per heavy atom. The molecular formula is C16H28N6O2.